The first kappa shape index (κ1) is 24.6. The number of nitrogens with zero attached hydrogens (tertiary/aromatic N) is 2. The van der Waals surface area contributed by atoms with Crippen molar-refractivity contribution in [3.8, 4) is 0 Å². The van der Waals surface area contributed by atoms with Crippen molar-refractivity contribution in [2.75, 3.05) is 42.9 Å². The predicted octanol–water partition coefficient (Wildman–Crippen LogP) is 6.29. The number of piperidine rings is 1. The van der Waals surface area contributed by atoms with E-state index in [9.17, 15) is 13.2 Å². The summed E-state index contributed by atoms with van der Waals surface area (Å²) in [4.78, 5) is 6.36. The molecule has 0 radical (unpaired) electrons. The average molecular weight is 525 g/mol. The normalized spacial score (nSPS) is 17.9. The number of benzene rings is 3. The van der Waals surface area contributed by atoms with E-state index in [1.807, 2.05) is 0 Å². The average Bonchev–Trinajstić information content (AvgIpc) is 3.32. The van der Waals surface area contributed by atoms with Gasteiger partial charge in [0.05, 0.1) is 5.56 Å². The molecule has 3 heterocycles. The van der Waals surface area contributed by atoms with Gasteiger partial charge in [0.2, 0.25) is 0 Å². The number of fused-ring (bicyclic) bond motifs is 3. The molecule has 1 saturated heterocycles. The minimum absolute atomic E-state index is 0.158. The Morgan fingerprint density at radius 2 is 1.76 bits per heavy atom. The molecule has 3 aliphatic rings. The highest BCUT2D eigenvalue weighted by molar-refractivity contribution is 7.99. The lowest BCUT2D eigenvalue weighted by Gasteiger charge is -2.34. The molecule has 0 spiro atoms. The Labute approximate surface area is 220 Å². The predicted molar refractivity (Wildman–Crippen MR) is 144 cm³/mol. The second-order valence-electron chi connectivity index (χ2n) is 10.1. The van der Waals surface area contributed by atoms with Gasteiger partial charge < -0.3 is 20.9 Å². The van der Waals surface area contributed by atoms with Crippen LogP contribution >= 0.6 is 11.8 Å². The van der Waals surface area contributed by atoms with Gasteiger partial charge in [-0.15, -0.1) is 0 Å². The largest absolute Gasteiger partial charge is 0.416 e. The molecular weight excluding hydrogens is 493 g/mol. The number of hydrogen-bond donors (Lipinski definition) is 2. The highest BCUT2D eigenvalue weighted by Gasteiger charge is 2.34. The monoisotopic (exact) mass is 524 g/mol. The van der Waals surface area contributed by atoms with Crippen molar-refractivity contribution in [3.63, 3.8) is 0 Å². The van der Waals surface area contributed by atoms with Crippen LogP contribution in [0.25, 0.3) is 0 Å². The fourth-order valence-corrected chi connectivity index (χ4v) is 6.96. The number of nitrogens with one attached hydrogen (secondary N) is 1. The lowest BCUT2D eigenvalue weighted by atomic mass is 9.98. The summed E-state index contributed by atoms with van der Waals surface area (Å²) in [5.41, 5.74) is 11.5. The van der Waals surface area contributed by atoms with Gasteiger partial charge in [0.25, 0.3) is 0 Å². The molecule has 194 valence electrons. The van der Waals surface area contributed by atoms with Gasteiger partial charge in [0, 0.05) is 72.0 Å². The fourth-order valence-electron chi connectivity index (χ4n) is 5.78. The number of halogens is 3. The molecule has 1 fully saturated rings. The molecule has 0 atom stereocenters. The Hall–Kier alpha value is -2.68. The maximum atomic E-state index is 13.9. The summed E-state index contributed by atoms with van der Waals surface area (Å²) in [5, 5.41) is 3.50. The van der Waals surface area contributed by atoms with E-state index < -0.39 is 11.7 Å². The van der Waals surface area contributed by atoms with E-state index in [0.29, 0.717) is 23.5 Å². The van der Waals surface area contributed by atoms with Crippen LogP contribution in [0.3, 0.4) is 0 Å². The second-order valence-corrected chi connectivity index (χ2v) is 11.2. The van der Waals surface area contributed by atoms with Crippen molar-refractivity contribution in [1.29, 1.82) is 0 Å². The smallest absolute Gasteiger partial charge is 0.382 e. The van der Waals surface area contributed by atoms with Crippen LogP contribution in [0.2, 0.25) is 0 Å². The van der Waals surface area contributed by atoms with Gasteiger partial charge >= 0.3 is 6.18 Å². The van der Waals surface area contributed by atoms with Gasteiger partial charge in [-0.1, -0.05) is 36.0 Å². The Balaban J connectivity index is 1.29. The van der Waals surface area contributed by atoms with Gasteiger partial charge in [-0.2, -0.15) is 13.2 Å². The first-order chi connectivity index (χ1) is 17.9. The van der Waals surface area contributed by atoms with Crippen molar-refractivity contribution < 1.29 is 13.2 Å². The number of likely N-dealkylation sites (tertiary alicyclic amines) is 1. The Kier molecular flexibility index (Phi) is 6.59. The van der Waals surface area contributed by atoms with Gasteiger partial charge in [0.1, 0.15) is 0 Å². The van der Waals surface area contributed by atoms with Gasteiger partial charge in [-0.25, -0.2) is 0 Å². The van der Waals surface area contributed by atoms with Crippen LogP contribution in [-0.4, -0.2) is 43.7 Å². The van der Waals surface area contributed by atoms with E-state index >= 15 is 0 Å². The molecule has 0 unspecified atom stereocenters. The molecule has 3 N–H and O–H groups in total. The summed E-state index contributed by atoms with van der Waals surface area (Å²) in [6.45, 7) is 4.23. The van der Waals surface area contributed by atoms with Gasteiger partial charge in [-0.3, -0.25) is 0 Å². The zero-order valence-electron chi connectivity index (χ0n) is 20.7. The third-order valence-corrected chi connectivity index (χ3v) is 8.95. The van der Waals surface area contributed by atoms with Crippen molar-refractivity contribution in [1.82, 2.24) is 4.90 Å². The van der Waals surface area contributed by atoms with Crippen LogP contribution in [0.1, 0.15) is 35.1 Å². The van der Waals surface area contributed by atoms with Crippen LogP contribution in [0.15, 0.2) is 64.4 Å². The summed E-state index contributed by atoms with van der Waals surface area (Å²) in [6, 6.07) is 17.7. The minimum Gasteiger partial charge on any atom is -0.382 e. The lowest BCUT2D eigenvalue weighted by Crippen LogP contribution is -2.41. The molecule has 3 aromatic carbocycles. The molecule has 4 nitrogen and oxygen atoms in total. The molecule has 0 amide bonds. The maximum absolute atomic E-state index is 13.9. The van der Waals surface area contributed by atoms with Crippen LogP contribution < -0.4 is 16.0 Å². The van der Waals surface area contributed by atoms with Crippen molar-refractivity contribution in [2.45, 2.75) is 47.7 Å². The molecule has 3 aromatic rings. The highest BCUT2D eigenvalue weighted by atomic mass is 32.2. The van der Waals surface area contributed by atoms with Crippen LogP contribution in [-0.2, 0) is 19.0 Å². The topological polar surface area (TPSA) is 44.5 Å². The van der Waals surface area contributed by atoms with E-state index in [1.54, 1.807) is 0 Å². The van der Waals surface area contributed by atoms with E-state index in [-0.39, 0.29) is 6.04 Å². The zero-order chi connectivity index (χ0) is 25.6. The number of alkyl halides is 3. The van der Waals surface area contributed by atoms with Crippen LogP contribution in [0, 0.1) is 0 Å². The molecule has 6 rings (SSSR count). The third kappa shape index (κ3) is 4.94. The first-order valence-corrected chi connectivity index (χ1v) is 13.8. The Bertz CT molecular complexity index is 1300. The molecule has 0 aliphatic carbocycles. The number of hydrogen-bond acceptors (Lipinski definition) is 5. The third-order valence-electron chi connectivity index (χ3n) is 7.77. The summed E-state index contributed by atoms with van der Waals surface area (Å²) in [5.74, 6) is 0. The Morgan fingerprint density at radius 3 is 2.54 bits per heavy atom. The van der Waals surface area contributed by atoms with E-state index in [4.69, 9.17) is 5.73 Å². The molecule has 37 heavy (non-hydrogen) atoms. The van der Waals surface area contributed by atoms with Crippen molar-refractivity contribution in [3.05, 3.63) is 76.9 Å². The summed E-state index contributed by atoms with van der Waals surface area (Å²) < 4.78 is 41.7. The van der Waals surface area contributed by atoms with Crippen molar-refractivity contribution >= 4 is 28.8 Å². The second kappa shape index (κ2) is 9.89. The number of rotatable bonds is 5. The highest BCUT2D eigenvalue weighted by Crippen LogP contribution is 2.47. The maximum Gasteiger partial charge on any atom is 0.416 e. The molecule has 0 saturated carbocycles. The number of para-hydroxylation sites is 1. The van der Waals surface area contributed by atoms with Gasteiger partial charge in [0.15, 0.2) is 0 Å². The Morgan fingerprint density at radius 1 is 0.946 bits per heavy atom. The summed E-state index contributed by atoms with van der Waals surface area (Å²) >= 11 is 1.46. The van der Waals surface area contributed by atoms with Gasteiger partial charge in [-0.05, 0) is 66.3 Å². The summed E-state index contributed by atoms with van der Waals surface area (Å²) in [7, 11) is 0. The van der Waals surface area contributed by atoms with Crippen LogP contribution in [0.4, 0.5) is 30.2 Å². The number of nitrogens with two attached hydrogens (primary N) is 1. The minimum atomic E-state index is -4.39. The molecule has 8 heteroatoms. The lowest BCUT2D eigenvalue weighted by molar-refractivity contribution is -0.137. The van der Waals surface area contributed by atoms with E-state index in [2.05, 4.69) is 57.6 Å². The molecule has 0 aromatic heterocycles. The molecular formula is C29H31F3N4S. The van der Waals surface area contributed by atoms with Crippen molar-refractivity contribution in [2.24, 2.45) is 5.73 Å². The molecule has 3 aliphatic heterocycles. The van der Waals surface area contributed by atoms with E-state index in [1.165, 1.54) is 35.1 Å². The van der Waals surface area contributed by atoms with E-state index in [0.717, 1.165) is 67.2 Å². The first-order valence-electron chi connectivity index (χ1n) is 13.0. The SMILES string of the molecule is NCCN1CCC(Nc2cc(C(F)(F)F)cc3c2Cc2ccc(N4CCc5ccccc54)cc2S3)CC1. The quantitative estimate of drug-likeness (QED) is 0.321. The standard InChI is InChI=1S/C29H31F3N4S/c30-29(31,32)21-16-25(34-22-8-11-35(12-9-22)14-10-33)24-15-20-5-6-23(18-27(20)37-28(24)17-21)36-13-7-19-3-1-2-4-26(19)36/h1-6,16-18,22,34H,7-15,33H2. The summed E-state index contributed by atoms with van der Waals surface area (Å²) in [6.07, 6.45) is -0.970. The fraction of sp³-hybridized carbons (Fsp3) is 0.379. The molecule has 0 bridgehead atoms. The van der Waals surface area contributed by atoms with Crippen LogP contribution in [0.5, 0.6) is 0 Å². The number of anilines is 3. The zero-order valence-corrected chi connectivity index (χ0v) is 21.5.